The molecule has 0 spiro atoms. The highest BCUT2D eigenvalue weighted by atomic mass is 16.6. The number of likely N-dealkylation sites (tertiary alicyclic amines) is 2. The van der Waals surface area contributed by atoms with Gasteiger partial charge in [0.15, 0.2) is 0 Å². The first-order chi connectivity index (χ1) is 12.7. The summed E-state index contributed by atoms with van der Waals surface area (Å²) in [5, 5.41) is 2.83. The van der Waals surface area contributed by atoms with Crippen LogP contribution < -0.4 is 5.32 Å². The van der Waals surface area contributed by atoms with E-state index in [4.69, 9.17) is 4.74 Å². The number of amides is 3. The van der Waals surface area contributed by atoms with Gasteiger partial charge in [-0.3, -0.25) is 9.59 Å². The van der Waals surface area contributed by atoms with Gasteiger partial charge in [0, 0.05) is 32.6 Å². The minimum atomic E-state index is -0.463. The predicted molar refractivity (Wildman–Crippen MR) is 101 cm³/mol. The number of ether oxygens (including phenoxy) is 1. The lowest BCUT2D eigenvalue weighted by molar-refractivity contribution is -0.139. The van der Waals surface area contributed by atoms with Gasteiger partial charge in [-0.25, -0.2) is 4.79 Å². The van der Waals surface area contributed by atoms with E-state index in [2.05, 4.69) is 5.32 Å². The molecule has 3 saturated heterocycles. The van der Waals surface area contributed by atoms with Crippen molar-refractivity contribution in [2.24, 2.45) is 11.8 Å². The number of hydrogen-bond acceptors (Lipinski definition) is 4. The van der Waals surface area contributed by atoms with Crippen LogP contribution in [-0.2, 0) is 14.3 Å². The molecule has 0 aromatic rings. The van der Waals surface area contributed by atoms with Gasteiger partial charge in [-0.1, -0.05) is 0 Å². The molecular formula is C20H33N3O4. The van der Waals surface area contributed by atoms with Crippen LogP contribution in [0.1, 0.15) is 59.3 Å². The van der Waals surface area contributed by atoms with Crippen LogP contribution in [-0.4, -0.2) is 65.5 Å². The van der Waals surface area contributed by atoms with Crippen LogP contribution in [0.4, 0.5) is 4.79 Å². The summed E-state index contributed by atoms with van der Waals surface area (Å²) in [5.74, 6) is 1.09. The second kappa shape index (κ2) is 8.07. The number of carbonyl (C=O) groups is 3. The minimum absolute atomic E-state index is 0.0114. The number of carbonyl (C=O) groups excluding carboxylic acids is 3. The summed E-state index contributed by atoms with van der Waals surface area (Å²) in [6, 6.07) is -0.336. The third-order valence-electron chi connectivity index (χ3n) is 5.92. The van der Waals surface area contributed by atoms with E-state index < -0.39 is 5.60 Å². The first-order valence-electron chi connectivity index (χ1n) is 10.3. The highest BCUT2D eigenvalue weighted by molar-refractivity contribution is 5.88. The average Bonchev–Trinajstić information content (AvgIpc) is 3.10. The van der Waals surface area contributed by atoms with Crippen molar-refractivity contribution >= 4 is 17.9 Å². The fourth-order valence-electron chi connectivity index (χ4n) is 4.47. The summed E-state index contributed by atoms with van der Waals surface area (Å²) in [7, 11) is 0. The highest BCUT2D eigenvalue weighted by Gasteiger charge is 2.37. The van der Waals surface area contributed by atoms with Crippen LogP contribution in [0, 0.1) is 11.8 Å². The number of nitrogens with zero attached hydrogens (tertiary/aromatic N) is 2. The Labute approximate surface area is 161 Å². The SMILES string of the molecule is CC(C)(C)OC(=O)N1CCC(C2CCN(C(=O)[C@H]3CCCC(=O)N3)CC2)C1. The molecule has 152 valence electrons. The normalized spacial score (nSPS) is 27.4. The molecule has 3 rings (SSSR count). The molecule has 7 nitrogen and oxygen atoms in total. The Morgan fingerprint density at radius 1 is 1.00 bits per heavy atom. The molecular weight excluding hydrogens is 346 g/mol. The minimum Gasteiger partial charge on any atom is -0.444 e. The molecule has 1 unspecified atom stereocenters. The molecule has 3 aliphatic rings. The van der Waals surface area contributed by atoms with E-state index >= 15 is 0 Å². The summed E-state index contributed by atoms with van der Waals surface area (Å²) in [5.41, 5.74) is -0.463. The Hall–Kier alpha value is -1.79. The Morgan fingerprint density at radius 2 is 1.63 bits per heavy atom. The molecule has 0 radical (unpaired) electrons. The van der Waals surface area contributed by atoms with Gasteiger partial charge in [-0.15, -0.1) is 0 Å². The van der Waals surface area contributed by atoms with Gasteiger partial charge in [0.25, 0.3) is 0 Å². The predicted octanol–water partition coefficient (Wildman–Crippen LogP) is 2.15. The monoisotopic (exact) mass is 379 g/mol. The molecule has 0 aliphatic carbocycles. The Kier molecular flexibility index (Phi) is 5.96. The van der Waals surface area contributed by atoms with Crippen LogP contribution >= 0.6 is 0 Å². The second-order valence-corrected chi connectivity index (χ2v) is 9.15. The van der Waals surface area contributed by atoms with Crippen molar-refractivity contribution in [3.8, 4) is 0 Å². The van der Waals surface area contributed by atoms with Gasteiger partial charge in [-0.05, 0) is 64.7 Å². The third-order valence-corrected chi connectivity index (χ3v) is 5.92. The van der Waals surface area contributed by atoms with Gasteiger partial charge in [0.05, 0.1) is 0 Å². The van der Waals surface area contributed by atoms with E-state index in [-0.39, 0.29) is 23.9 Å². The van der Waals surface area contributed by atoms with E-state index in [0.717, 1.165) is 58.3 Å². The number of nitrogens with one attached hydrogen (secondary N) is 1. The lowest BCUT2D eigenvalue weighted by atomic mass is 9.83. The van der Waals surface area contributed by atoms with E-state index in [0.29, 0.717) is 18.3 Å². The zero-order chi connectivity index (χ0) is 19.6. The molecule has 0 saturated carbocycles. The van der Waals surface area contributed by atoms with Crippen molar-refractivity contribution < 1.29 is 19.1 Å². The van der Waals surface area contributed by atoms with Crippen LogP contribution in [0.3, 0.4) is 0 Å². The first-order valence-corrected chi connectivity index (χ1v) is 10.3. The Bertz CT molecular complexity index is 578. The van der Waals surface area contributed by atoms with Crippen molar-refractivity contribution in [2.75, 3.05) is 26.2 Å². The van der Waals surface area contributed by atoms with Gasteiger partial charge >= 0.3 is 6.09 Å². The molecule has 3 fully saturated rings. The third kappa shape index (κ3) is 5.14. The summed E-state index contributed by atoms with van der Waals surface area (Å²) in [6.45, 7) is 8.68. The molecule has 2 atom stereocenters. The first kappa shape index (κ1) is 20.0. The number of piperidine rings is 2. The van der Waals surface area contributed by atoms with Gasteiger partial charge < -0.3 is 19.9 Å². The Balaban J connectivity index is 1.45. The largest absolute Gasteiger partial charge is 0.444 e. The second-order valence-electron chi connectivity index (χ2n) is 9.15. The Morgan fingerprint density at radius 3 is 2.26 bits per heavy atom. The van der Waals surface area contributed by atoms with Crippen LogP contribution in [0.5, 0.6) is 0 Å². The maximum Gasteiger partial charge on any atom is 0.410 e. The number of rotatable bonds is 2. The van der Waals surface area contributed by atoms with Crippen LogP contribution in [0.25, 0.3) is 0 Å². The number of hydrogen-bond donors (Lipinski definition) is 1. The molecule has 0 bridgehead atoms. The van der Waals surface area contributed by atoms with Crippen LogP contribution in [0.2, 0.25) is 0 Å². The van der Waals surface area contributed by atoms with Crippen molar-refractivity contribution in [3.63, 3.8) is 0 Å². The molecule has 7 heteroatoms. The maximum atomic E-state index is 12.6. The molecule has 3 aliphatic heterocycles. The van der Waals surface area contributed by atoms with E-state index in [9.17, 15) is 14.4 Å². The smallest absolute Gasteiger partial charge is 0.410 e. The molecule has 3 amide bonds. The zero-order valence-electron chi connectivity index (χ0n) is 16.8. The van der Waals surface area contributed by atoms with Gasteiger partial charge in [0.2, 0.25) is 11.8 Å². The summed E-state index contributed by atoms with van der Waals surface area (Å²) < 4.78 is 5.48. The fraction of sp³-hybridized carbons (Fsp3) is 0.850. The standard InChI is InChI=1S/C20H33N3O4/c1-20(2,3)27-19(26)23-12-9-15(13-23)14-7-10-22(11-8-14)18(25)16-5-4-6-17(24)21-16/h14-16H,4-13H2,1-3H3,(H,21,24)/t15?,16-/m1/s1. The lowest BCUT2D eigenvalue weighted by Gasteiger charge is -2.37. The fourth-order valence-corrected chi connectivity index (χ4v) is 4.47. The summed E-state index contributed by atoms with van der Waals surface area (Å²) in [6.07, 6.45) is 4.81. The van der Waals surface area contributed by atoms with Gasteiger partial charge in [0.1, 0.15) is 11.6 Å². The zero-order valence-corrected chi connectivity index (χ0v) is 16.8. The highest BCUT2D eigenvalue weighted by Crippen LogP contribution is 2.32. The summed E-state index contributed by atoms with van der Waals surface area (Å²) in [4.78, 5) is 40.2. The van der Waals surface area contributed by atoms with E-state index in [1.165, 1.54) is 0 Å². The lowest BCUT2D eigenvalue weighted by Crippen LogP contribution is -2.52. The van der Waals surface area contributed by atoms with Crippen LogP contribution in [0.15, 0.2) is 0 Å². The topological polar surface area (TPSA) is 79.0 Å². The average molecular weight is 380 g/mol. The molecule has 3 heterocycles. The molecule has 1 N–H and O–H groups in total. The summed E-state index contributed by atoms with van der Waals surface area (Å²) >= 11 is 0. The quantitative estimate of drug-likeness (QED) is 0.797. The van der Waals surface area contributed by atoms with E-state index in [1.54, 1.807) is 0 Å². The van der Waals surface area contributed by atoms with Crippen molar-refractivity contribution in [1.82, 2.24) is 15.1 Å². The molecule has 0 aromatic heterocycles. The van der Waals surface area contributed by atoms with E-state index in [1.807, 2.05) is 30.6 Å². The van der Waals surface area contributed by atoms with Crippen molar-refractivity contribution in [2.45, 2.75) is 70.9 Å². The molecule has 27 heavy (non-hydrogen) atoms. The van der Waals surface area contributed by atoms with Crippen molar-refractivity contribution in [1.29, 1.82) is 0 Å². The van der Waals surface area contributed by atoms with Crippen molar-refractivity contribution in [3.05, 3.63) is 0 Å². The van der Waals surface area contributed by atoms with Gasteiger partial charge in [-0.2, -0.15) is 0 Å². The molecule has 0 aromatic carbocycles. The maximum absolute atomic E-state index is 12.6.